The number of carbonyl (C=O) groups excluding carboxylic acids is 1. The van der Waals surface area contributed by atoms with E-state index in [0.29, 0.717) is 27.3 Å². The molecule has 138 valence electrons. The highest BCUT2D eigenvalue weighted by atomic mass is 35.5. The maximum Gasteiger partial charge on any atom is 0.291 e. The first-order valence-electron chi connectivity index (χ1n) is 8.78. The zero-order valence-corrected chi connectivity index (χ0v) is 15.3. The highest BCUT2D eigenvalue weighted by Crippen LogP contribution is 2.39. The third-order valence-corrected chi connectivity index (χ3v) is 5.22. The van der Waals surface area contributed by atoms with E-state index in [1.165, 1.54) is 0 Å². The van der Waals surface area contributed by atoms with Crippen molar-refractivity contribution in [3.05, 3.63) is 105 Å². The van der Waals surface area contributed by atoms with Gasteiger partial charge in [-0.1, -0.05) is 35.9 Å². The fraction of sp³-hybridized carbons (Fsp3) is 0.0909. The van der Waals surface area contributed by atoms with Gasteiger partial charge in [-0.2, -0.15) is 0 Å². The van der Waals surface area contributed by atoms with E-state index in [0.717, 1.165) is 5.56 Å². The minimum Gasteiger partial charge on any atom is -0.467 e. The molecule has 1 aliphatic rings. The molecular formula is C22H14ClNO4. The molecule has 5 nitrogen and oxygen atoms in total. The molecule has 0 radical (unpaired) electrons. The van der Waals surface area contributed by atoms with Gasteiger partial charge >= 0.3 is 0 Å². The molecule has 0 bridgehead atoms. The van der Waals surface area contributed by atoms with Crippen LogP contribution >= 0.6 is 11.6 Å². The highest BCUT2D eigenvalue weighted by Gasteiger charge is 2.43. The lowest BCUT2D eigenvalue weighted by atomic mass is 9.98. The number of para-hydroxylation sites is 1. The summed E-state index contributed by atoms with van der Waals surface area (Å²) >= 11 is 6.03. The molecule has 6 heteroatoms. The summed E-state index contributed by atoms with van der Waals surface area (Å²) in [5, 5.41) is 1.03. The number of fused-ring (bicyclic) bond motifs is 2. The number of nitrogens with zero attached hydrogens (tertiary/aromatic N) is 1. The molecule has 0 N–H and O–H groups in total. The Morgan fingerprint density at radius 3 is 2.50 bits per heavy atom. The van der Waals surface area contributed by atoms with Crippen molar-refractivity contribution >= 4 is 28.5 Å². The third kappa shape index (κ3) is 2.55. The average Bonchev–Trinajstić information content (AvgIpc) is 3.31. The minimum atomic E-state index is -0.578. The number of hydrogen-bond acceptors (Lipinski definition) is 4. The summed E-state index contributed by atoms with van der Waals surface area (Å²) in [6, 6.07) is 17.0. The molecular weight excluding hydrogens is 378 g/mol. The molecule has 4 aromatic rings. The molecule has 0 saturated heterocycles. The van der Waals surface area contributed by atoms with Gasteiger partial charge in [0.05, 0.1) is 29.8 Å². The number of carbonyl (C=O) groups is 1. The van der Waals surface area contributed by atoms with E-state index >= 15 is 0 Å². The summed E-state index contributed by atoms with van der Waals surface area (Å²) < 4.78 is 11.3. The second kappa shape index (κ2) is 6.39. The monoisotopic (exact) mass is 391 g/mol. The predicted octanol–water partition coefficient (Wildman–Crippen LogP) is 4.78. The van der Waals surface area contributed by atoms with Crippen LogP contribution in [0.3, 0.4) is 0 Å². The smallest absolute Gasteiger partial charge is 0.291 e. The van der Waals surface area contributed by atoms with Crippen LogP contribution in [-0.4, -0.2) is 10.8 Å². The van der Waals surface area contributed by atoms with Crippen molar-refractivity contribution in [1.29, 1.82) is 0 Å². The molecule has 0 saturated carbocycles. The Hall–Kier alpha value is -3.31. The maximum absolute atomic E-state index is 13.3. The van der Waals surface area contributed by atoms with E-state index < -0.39 is 6.04 Å². The lowest BCUT2D eigenvalue weighted by Gasteiger charge is -2.24. The predicted molar refractivity (Wildman–Crippen MR) is 104 cm³/mol. The van der Waals surface area contributed by atoms with Gasteiger partial charge in [-0.25, -0.2) is 0 Å². The Morgan fingerprint density at radius 2 is 1.75 bits per heavy atom. The molecule has 3 heterocycles. The van der Waals surface area contributed by atoms with Gasteiger partial charge in [0, 0.05) is 5.02 Å². The van der Waals surface area contributed by atoms with Gasteiger partial charge in [0.1, 0.15) is 11.3 Å². The topological polar surface area (TPSA) is 63.7 Å². The van der Waals surface area contributed by atoms with Crippen LogP contribution in [0.15, 0.2) is 80.6 Å². The zero-order chi connectivity index (χ0) is 19.3. The van der Waals surface area contributed by atoms with Crippen molar-refractivity contribution in [3.63, 3.8) is 0 Å². The van der Waals surface area contributed by atoms with Crippen molar-refractivity contribution in [2.75, 3.05) is 0 Å². The van der Waals surface area contributed by atoms with Gasteiger partial charge < -0.3 is 13.7 Å². The number of halogens is 1. The van der Waals surface area contributed by atoms with E-state index in [2.05, 4.69) is 0 Å². The first kappa shape index (κ1) is 16.8. The lowest BCUT2D eigenvalue weighted by molar-refractivity contribution is 0.0701. The molecule has 1 atom stereocenters. The Labute approximate surface area is 164 Å². The van der Waals surface area contributed by atoms with E-state index in [-0.39, 0.29) is 23.6 Å². The van der Waals surface area contributed by atoms with Gasteiger partial charge in [0.2, 0.25) is 5.76 Å². The first-order chi connectivity index (χ1) is 13.6. The van der Waals surface area contributed by atoms with Crippen LogP contribution < -0.4 is 5.43 Å². The number of benzene rings is 2. The normalized spacial score (nSPS) is 16.0. The molecule has 0 spiro atoms. The standard InChI is InChI=1S/C22H14ClNO4/c23-14-9-7-13(8-10-14)19-18-20(25)16-5-1-2-6-17(16)28-21(18)22(26)24(19)12-15-4-3-11-27-15/h1-11,19H,12H2/t19-/m0/s1. The van der Waals surface area contributed by atoms with Crippen LogP contribution in [0.5, 0.6) is 0 Å². The fourth-order valence-corrected chi connectivity index (χ4v) is 3.82. The second-order valence-electron chi connectivity index (χ2n) is 6.64. The molecule has 28 heavy (non-hydrogen) atoms. The van der Waals surface area contributed by atoms with Crippen molar-refractivity contribution in [3.8, 4) is 0 Å². The van der Waals surface area contributed by atoms with E-state index in [1.807, 2.05) is 12.1 Å². The summed E-state index contributed by atoms with van der Waals surface area (Å²) in [6.45, 7) is 0.221. The molecule has 0 unspecified atom stereocenters. The summed E-state index contributed by atoms with van der Waals surface area (Å²) in [5.74, 6) is 0.363. The Bertz CT molecular complexity index is 1240. The SMILES string of the molecule is O=C1c2oc3ccccc3c(=O)c2[C@H](c2ccc(Cl)cc2)N1Cc1ccco1. The summed E-state index contributed by atoms with van der Waals surface area (Å²) in [4.78, 5) is 28.1. The largest absolute Gasteiger partial charge is 0.467 e. The molecule has 1 amide bonds. The van der Waals surface area contributed by atoms with Crippen molar-refractivity contribution < 1.29 is 13.6 Å². The molecule has 2 aromatic carbocycles. The van der Waals surface area contributed by atoms with E-state index in [9.17, 15) is 9.59 Å². The third-order valence-electron chi connectivity index (χ3n) is 4.97. The van der Waals surface area contributed by atoms with Crippen LogP contribution in [0, 0.1) is 0 Å². The zero-order valence-electron chi connectivity index (χ0n) is 14.6. The summed E-state index contributed by atoms with van der Waals surface area (Å²) in [7, 11) is 0. The van der Waals surface area contributed by atoms with Crippen molar-refractivity contribution in [2.24, 2.45) is 0 Å². The van der Waals surface area contributed by atoms with Crippen molar-refractivity contribution in [1.82, 2.24) is 4.90 Å². The first-order valence-corrected chi connectivity index (χ1v) is 9.16. The second-order valence-corrected chi connectivity index (χ2v) is 7.07. The summed E-state index contributed by atoms with van der Waals surface area (Å²) in [6.07, 6.45) is 1.55. The van der Waals surface area contributed by atoms with Crippen LogP contribution in [0.4, 0.5) is 0 Å². The van der Waals surface area contributed by atoms with Crippen LogP contribution in [0.2, 0.25) is 5.02 Å². The molecule has 0 fully saturated rings. The van der Waals surface area contributed by atoms with Crippen molar-refractivity contribution in [2.45, 2.75) is 12.6 Å². The molecule has 0 aliphatic carbocycles. The maximum atomic E-state index is 13.3. The van der Waals surface area contributed by atoms with E-state index in [4.69, 9.17) is 20.4 Å². The molecule has 1 aliphatic heterocycles. The lowest BCUT2D eigenvalue weighted by Crippen LogP contribution is -2.29. The van der Waals surface area contributed by atoms with Gasteiger partial charge in [-0.05, 0) is 42.0 Å². The number of rotatable bonds is 3. The average molecular weight is 392 g/mol. The van der Waals surface area contributed by atoms with Crippen LogP contribution in [-0.2, 0) is 6.54 Å². The Morgan fingerprint density at radius 1 is 0.964 bits per heavy atom. The number of furan rings is 1. The van der Waals surface area contributed by atoms with Gasteiger partial charge in [0.15, 0.2) is 5.43 Å². The Balaban J connectivity index is 1.75. The number of amides is 1. The molecule has 2 aromatic heterocycles. The highest BCUT2D eigenvalue weighted by molar-refractivity contribution is 6.30. The van der Waals surface area contributed by atoms with E-state index in [1.54, 1.807) is 59.7 Å². The fourth-order valence-electron chi connectivity index (χ4n) is 3.69. The van der Waals surface area contributed by atoms with Gasteiger partial charge in [-0.3, -0.25) is 9.59 Å². The van der Waals surface area contributed by atoms with Crippen LogP contribution in [0.1, 0.15) is 33.5 Å². The minimum absolute atomic E-state index is 0.0789. The van der Waals surface area contributed by atoms with Gasteiger partial charge in [-0.15, -0.1) is 0 Å². The van der Waals surface area contributed by atoms with Crippen LogP contribution in [0.25, 0.3) is 11.0 Å². The number of hydrogen-bond donors (Lipinski definition) is 0. The van der Waals surface area contributed by atoms with Gasteiger partial charge in [0.25, 0.3) is 5.91 Å². The molecule has 5 rings (SSSR count). The quantitative estimate of drug-likeness (QED) is 0.504. The summed E-state index contributed by atoms with van der Waals surface area (Å²) in [5.41, 5.74) is 1.32. The Kier molecular flexibility index (Phi) is 3.84.